The van der Waals surface area contributed by atoms with Gasteiger partial charge in [0.2, 0.25) is 10.0 Å². The summed E-state index contributed by atoms with van der Waals surface area (Å²) in [6.45, 7) is 6.39. The summed E-state index contributed by atoms with van der Waals surface area (Å²) in [5, 5.41) is 0. The summed E-state index contributed by atoms with van der Waals surface area (Å²) >= 11 is 0. The molecule has 0 unspecified atom stereocenters. The molecule has 1 aromatic rings. The zero-order valence-corrected chi connectivity index (χ0v) is 15.3. The number of hydrogen-bond acceptors (Lipinski definition) is 4. The Balaban J connectivity index is 1.61. The predicted octanol–water partition coefficient (Wildman–Crippen LogP) is 1.29. The Kier molecular flexibility index (Phi) is 5.97. The van der Waals surface area contributed by atoms with Gasteiger partial charge in [-0.2, -0.15) is 0 Å². The molecule has 1 saturated heterocycles. The molecule has 0 amide bonds. The standard InChI is InChI=1S/C17H29N3O3S/c1-24(21,22)18-7-4-16-12-19(11-15-5-9-23-10-6-15)14-17-3-2-8-20(17)13-16/h2-3,8,15-16,18H,4-7,9-14H2,1H3/t16-/m0/s1. The van der Waals surface area contributed by atoms with Gasteiger partial charge in [0.1, 0.15) is 0 Å². The number of ether oxygens (including phenoxy) is 1. The maximum atomic E-state index is 11.3. The molecule has 0 radical (unpaired) electrons. The molecule has 2 aliphatic heterocycles. The van der Waals surface area contributed by atoms with E-state index in [4.69, 9.17) is 4.74 Å². The van der Waals surface area contributed by atoms with Crippen molar-refractivity contribution in [3.8, 4) is 0 Å². The molecule has 3 rings (SSSR count). The van der Waals surface area contributed by atoms with Crippen LogP contribution in [0, 0.1) is 11.8 Å². The maximum Gasteiger partial charge on any atom is 0.208 e. The highest BCUT2D eigenvalue weighted by molar-refractivity contribution is 7.88. The van der Waals surface area contributed by atoms with E-state index in [0.29, 0.717) is 12.5 Å². The van der Waals surface area contributed by atoms with Crippen LogP contribution in [0.2, 0.25) is 0 Å². The van der Waals surface area contributed by atoms with Gasteiger partial charge in [0.05, 0.1) is 6.26 Å². The van der Waals surface area contributed by atoms with Crippen LogP contribution >= 0.6 is 0 Å². The van der Waals surface area contributed by atoms with Crippen LogP contribution in [0.3, 0.4) is 0 Å². The van der Waals surface area contributed by atoms with E-state index in [9.17, 15) is 8.42 Å². The second-order valence-corrected chi connectivity index (χ2v) is 9.06. The molecule has 0 aromatic carbocycles. The Hall–Kier alpha value is -0.890. The third-order valence-electron chi connectivity index (χ3n) is 5.05. The van der Waals surface area contributed by atoms with Crippen molar-refractivity contribution in [2.24, 2.45) is 11.8 Å². The molecule has 6 nitrogen and oxygen atoms in total. The van der Waals surface area contributed by atoms with E-state index in [-0.39, 0.29) is 0 Å². The SMILES string of the molecule is CS(=O)(=O)NCC[C@H]1CN(CC2CCOCC2)Cc2cccn2C1. The van der Waals surface area contributed by atoms with Crippen molar-refractivity contribution in [1.29, 1.82) is 0 Å². The molecular formula is C17H29N3O3S. The average Bonchev–Trinajstić information content (AvgIpc) is 2.87. The van der Waals surface area contributed by atoms with Gasteiger partial charge in [-0.25, -0.2) is 13.1 Å². The fourth-order valence-electron chi connectivity index (χ4n) is 3.83. The Bertz CT molecular complexity index is 623. The molecule has 0 aliphatic carbocycles. The summed E-state index contributed by atoms with van der Waals surface area (Å²) in [5.41, 5.74) is 1.36. The number of rotatable bonds is 6. The van der Waals surface area contributed by atoms with E-state index in [0.717, 1.165) is 64.6 Å². The highest BCUT2D eigenvalue weighted by atomic mass is 32.2. The Morgan fingerprint density at radius 1 is 1.25 bits per heavy atom. The highest BCUT2D eigenvalue weighted by Gasteiger charge is 2.24. The first-order valence-corrected chi connectivity index (χ1v) is 10.8. The zero-order chi connectivity index (χ0) is 17.0. The highest BCUT2D eigenvalue weighted by Crippen LogP contribution is 2.23. The molecule has 1 fully saturated rings. The molecule has 7 heteroatoms. The lowest BCUT2D eigenvalue weighted by atomic mass is 9.98. The maximum absolute atomic E-state index is 11.3. The second kappa shape index (κ2) is 7.99. The van der Waals surface area contributed by atoms with Crippen LogP contribution < -0.4 is 4.72 Å². The van der Waals surface area contributed by atoms with Crippen molar-refractivity contribution >= 4 is 10.0 Å². The van der Waals surface area contributed by atoms with Gasteiger partial charge in [-0.05, 0) is 43.2 Å². The summed E-state index contributed by atoms with van der Waals surface area (Å²) in [7, 11) is -3.10. The number of hydrogen-bond donors (Lipinski definition) is 1. The van der Waals surface area contributed by atoms with E-state index in [1.165, 1.54) is 11.9 Å². The van der Waals surface area contributed by atoms with Crippen molar-refractivity contribution in [2.75, 3.05) is 39.1 Å². The van der Waals surface area contributed by atoms with E-state index in [1.54, 1.807) is 0 Å². The van der Waals surface area contributed by atoms with Gasteiger partial charge < -0.3 is 9.30 Å². The fourth-order valence-corrected chi connectivity index (χ4v) is 4.32. The molecule has 1 atom stereocenters. The first-order chi connectivity index (χ1) is 11.5. The molecule has 0 bridgehead atoms. The van der Waals surface area contributed by atoms with Gasteiger partial charge >= 0.3 is 0 Å². The largest absolute Gasteiger partial charge is 0.381 e. The van der Waals surface area contributed by atoms with Crippen LogP contribution in [-0.4, -0.2) is 57.0 Å². The van der Waals surface area contributed by atoms with Crippen molar-refractivity contribution < 1.29 is 13.2 Å². The van der Waals surface area contributed by atoms with E-state index >= 15 is 0 Å². The molecule has 1 aromatic heterocycles. The van der Waals surface area contributed by atoms with E-state index in [1.807, 2.05) is 0 Å². The summed E-state index contributed by atoms with van der Waals surface area (Å²) in [5.74, 6) is 1.18. The number of fused-ring (bicyclic) bond motifs is 1. The van der Waals surface area contributed by atoms with Crippen molar-refractivity contribution in [2.45, 2.75) is 32.4 Å². The first-order valence-electron chi connectivity index (χ1n) is 8.88. The Labute approximate surface area is 145 Å². The molecular weight excluding hydrogens is 326 g/mol. The summed E-state index contributed by atoms with van der Waals surface area (Å²) in [6.07, 6.45) is 6.54. The van der Waals surface area contributed by atoms with Crippen LogP contribution in [0.15, 0.2) is 18.3 Å². The van der Waals surface area contributed by atoms with E-state index in [2.05, 4.69) is 32.5 Å². The van der Waals surface area contributed by atoms with Crippen LogP contribution in [0.5, 0.6) is 0 Å². The van der Waals surface area contributed by atoms with Gasteiger partial charge in [-0.15, -0.1) is 0 Å². The number of nitrogens with zero attached hydrogens (tertiary/aromatic N) is 2. The lowest BCUT2D eigenvalue weighted by Gasteiger charge is -2.30. The number of aromatic nitrogens is 1. The van der Waals surface area contributed by atoms with Gasteiger partial charge in [-0.3, -0.25) is 4.90 Å². The quantitative estimate of drug-likeness (QED) is 0.835. The summed E-state index contributed by atoms with van der Waals surface area (Å²) in [6, 6.07) is 4.31. The molecule has 0 saturated carbocycles. The molecule has 2 aliphatic rings. The predicted molar refractivity (Wildman–Crippen MR) is 94.2 cm³/mol. The van der Waals surface area contributed by atoms with Gasteiger partial charge in [0.15, 0.2) is 0 Å². The lowest BCUT2D eigenvalue weighted by molar-refractivity contribution is 0.0493. The zero-order valence-electron chi connectivity index (χ0n) is 14.5. The second-order valence-electron chi connectivity index (χ2n) is 7.22. The fraction of sp³-hybridized carbons (Fsp3) is 0.765. The third-order valence-corrected chi connectivity index (χ3v) is 5.78. The Morgan fingerprint density at radius 3 is 2.79 bits per heavy atom. The molecule has 24 heavy (non-hydrogen) atoms. The third kappa shape index (κ3) is 5.31. The Morgan fingerprint density at radius 2 is 2.04 bits per heavy atom. The molecule has 136 valence electrons. The van der Waals surface area contributed by atoms with Crippen LogP contribution in [0.25, 0.3) is 0 Å². The topological polar surface area (TPSA) is 63.6 Å². The van der Waals surface area contributed by atoms with Crippen molar-refractivity contribution in [3.05, 3.63) is 24.0 Å². The van der Waals surface area contributed by atoms with Crippen LogP contribution in [0.1, 0.15) is 25.0 Å². The minimum Gasteiger partial charge on any atom is -0.381 e. The normalized spacial score (nSPS) is 23.8. The van der Waals surface area contributed by atoms with Crippen molar-refractivity contribution in [1.82, 2.24) is 14.2 Å². The van der Waals surface area contributed by atoms with Crippen LogP contribution in [-0.2, 0) is 27.8 Å². The minimum absolute atomic E-state index is 0.466. The molecule has 0 spiro atoms. The number of nitrogens with one attached hydrogen (secondary N) is 1. The summed E-state index contributed by atoms with van der Waals surface area (Å²) in [4.78, 5) is 2.56. The van der Waals surface area contributed by atoms with Crippen LogP contribution in [0.4, 0.5) is 0 Å². The minimum atomic E-state index is -3.10. The van der Waals surface area contributed by atoms with E-state index < -0.39 is 10.0 Å². The average molecular weight is 356 g/mol. The van der Waals surface area contributed by atoms with Crippen molar-refractivity contribution in [3.63, 3.8) is 0 Å². The number of sulfonamides is 1. The van der Waals surface area contributed by atoms with Gasteiger partial charge in [-0.1, -0.05) is 0 Å². The monoisotopic (exact) mass is 355 g/mol. The lowest BCUT2D eigenvalue weighted by Crippen LogP contribution is -2.35. The summed E-state index contributed by atoms with van der Waals surface area (Å²) < 4.78 is 33.0. The van der Waals surface area contributed by atoms with Gasteiger partial charge in [0, 0.05) is 57.8 Å². The molecule has 1 N–H and O–H groups in total. The molecule has 3 heterocycles. The first kappa shape index (κ1) is 17.9. The smallest absolute Gasteiger partial charge is 0.208 e. The van der Waals surface area contributed by atoms with Gasteiger partial charge in [0.25, 0.3) is 0 Å².